The lowest BCUT2D eigenvalue weighted by Gasteiger charge is -2.12. The molecule has 1 aromatic rings. The molecule has 7 heteroatoms. The van der Waals surface area contributed by atoms with Gasteiger partial charge in [-0.3, -0.25) is 9.59 Å². The molecule has 0 bridgehead atoms. The summed E-state index contributed by atoms with van der Waals surface area (Å²) in [4.78, 5) is 22.6. The number of rotatable bonds is 7. The molecule has 4 nitrogen and oxygen atoms in total. The molecule has 0 radical (unpaired) electrons. The molecule has 0 spiro atoms. The van der Waals surface area contributed by atoms with E-state index in [4.69, 9.17) is 5.11 Å². The van der Waals surface area contributed by atoms with Gasteiger partial charge in [0.05, 0.1) is 0 Å². The third-order valence-corrected chi connectivity index (χ3v) is 3.23. The summed E-state index contributed by atoms with van der Waals surface area (Å²) >= 11 is 0.414. The minimum absolute atomic E-state index is 0.0224. The second-order valence-corrected chi connectivity index (χ2v) is 5.27. The van der Waals surface area contributed by atoms with Gasteiger partial charge in [-0.15, -0.1) is 0 Å². The molecule has 0 aliphatic rings. The van der Waals surface area contributed by atoms with Crippen LogP contribution in [0.25, 0.3) is 0 Å². The van der Waals surface area contributed by atoms with Crippen molar-refractivity contribution in [3.05, 3.63) is 29.8 Å². The molecule has 20 heavy (non-hydrogen) atoms. The highest BCUT2D eigenvalue weighted by Crippen LogP contribution is 2.25. The molecule has 0 aromatic heterocycles. The maximum absolute atomic E-state index is 12.1. The first-order valence-corrected chi connectivity index (χ1v) is 6.84. The fraction of sp³-hybridized carbons (Fsp3) is 0.385. The summed E-state index contributed by atoms with van der Waals surface area (Å²) in [6.07, 6.45) is 0.311. The molecule has 1 aromatic carbocycles. The number of aliphatic carboxylic acids is 1. The van der Waals surface area contributed by atoms with Crippen LogP contribution in [0.15, 0.2) is 29.2 Å². The fourth-order valence-electron chi connectivity index (χ4n) is 1.51. The molecule has 2 N–H and O–H groups in total. The van der Waals surface area contributed by atoms with Gasteiger partial charge in [0.2, 0.25) is 0 Å². The predicted octanol–water partition coefficient (Wildman–Crippen LogP) is 2.98. The molecule has 0 aliphatic heterocycles. The minimum atomic E-state index is -2.49. The summed E-state index contributed by atoms with van der Waals surface area (Å²) in [6.45, 7) is 1.71. The summed E-state index contributed by atoms with van der Waals surface area (Å²) in [6, 6.07) is 5.56. The lowest BCUT2D eigenvalue weighted by Crippen LogP contribution is -2.32. The van der Waals surface area contributed by atoms with Crippen molar-refractivity contribution >= 4 is 23.6 Å². The van der Waals surface area contributed by atoms with Crippen LogP contribution in [0.5, 0.6) is 0 Å². The van der Waals surface area contributed by atoms with Crippen LogP contribution in [0.2, 0.25) is 0 Å². The summed E-state index contributed by atoms with van der Waals surface area (Å²) in [5.74, 6) is -3.76. The molecule has 1 amide bonds. The topological polar surface area (TPSA) is 66.4 Å². The van der Waals surface area contributed by atoms with Gasteiger partial charge in [-0.2, -0.15) is 8.78 Å². The molecule has 1 atom stereocenters. The zero-order valence-corrected chi connectivity index (χ0v) is 11.6. The van der Waals surface area contributed by atoms with Crippen molar-refractivity contribution in [1.82, 2.24) is 5.32 Å². The van der Waals surface area contributed by atoms with E-state index in [0.29, 0.717) is 28.6 Å². The number of carbonyl (C=O) groups is 2. The number of hydrogen-bond donors (Lipinski definition) is 2. The quantitative estimate of drug-likeness (QED) is 0.760. The van der Waals surface area contributed by atoms with E-state index in [0.717, 1.165) is 0 Å². The number of benzene rings is 1. The first kappa shape index (κ1) is 16.4. The molecule has 0 saturated carbocycles. The van der Waals surface area contributed by atoms with Gasteiger partial charge in [-0.1, -0.05) is 11.8 Å². The van der Waals surface area contributed by atoms with Gasteiger partial charge in [0, 0.05) is 22.9 Å². The second kappa shape index (κ2) is 7.84. The van der Waals surface area contributed by atoms with E-state index in [1.165, 1.54) is 24.3 Å². The molecule has 0 fully saturated rings. The van der Waals surface area contributed by atoms with Crippen molar-refractivity contribution in [2.75, 3.05) is 0 Å². The number of carboxylic acids is 1. The predicted molar refractivity (Wildman–Crippen MR) is 72.1 cm³/mol. The maximum atomic E-state index is 12.1. The van der Waals surface area contributed by atoms with Crippen LogP contribution in [0.3, 0.4) is 0 Å². The van der Waals surface area contributed by atoms with Crippen molar-refractivity contribution in [3.8, 4) is 0 Å². The van der Waals surface area contributed by atoms with E-state index in [1.807, 2.05) is 0 Å². The van der Waals surface area contributed by atoms with Crippen LogP contribution in [0, 0.1) is 0 Å². The maximum Gasteiger partial charge on any atom is 0.303 e. The van der Waals surface area contributed by atoms with Crippen LogP contribution >= 0.6 is 11.8 Å². The SMILES string of the molecule is CC(CCC(=O)O)NC(=O)c1ccc(SC(F)F)cc1. The molecule has 110 valence electrons. The number of thioether (sulfide) groups is 1. The fourth-order valence-corrected chi connectivity index (χ4v) is 2.01. The Morgan fingerprint density at radius 3 is 2.40 bits per heavy atom. The average molecular weight is 303 g/mol. The third kappa shape index (κ3) is 6.01. The van der Waals surface area contributed by atoms with E-state index < -0.39 is 11.7 Å². The Morgan fingerprint density at radius 1 is 1.30 bits per heavy atom. The average Bonchev–Trinajstić information content (AvgIpc) is 2.36. The number of hydrogen-bond acceptors (Lipinski definition) is 3. The Balaban J connectivity index is 2.52. The van der Waals surface area contributed by atoms with E-state index in [1.54, 1.807) is 6.92 Å². The Hall–Kier alpha value is -1.63. The van der Waals surface area contributed by atoms with Crippen LogP contribution in [-0.2, 0) is 4.79 Å². The highest BCUT2D eigenvalue weighted by Gasteiger charge is 2.12. The van der Waals surface area contributed by atoms with Gasteiger partial charge < -0.3 is 10.4 Å². The molecule has 1 rings (SSSR count). The van der Waals surface area contributed by atoms with E-state index in [9.17, 15) is 18.4 Å². The Morgan fingerprint density at radius 2 is 1.90 bits per heavy atom. The minimum Gasteiger partial charge on any atom is -0.481 e. The van der Waals surface area contributed by atoms with Crippen LogP contribution < -0.4 is 5.32 Å². The number of nitrogens with one attached hydrogen (secondary N) is 1. The normalized spacial score (nSPS) is 12.2. The number of amides is 1. The van der Waals surface area contributed by atoms with Gasteiger partial charge in [0.15, 0.2) is 0 Å². The largest absolute Gasteiger partial charge is 0.481 e. The third-order valence-electron chi connectivity index (χ3n) is 2.51. The second-order valence-electron chi connectivity index (χ2n) is 4.21. The molecule has 1 unspecified atom stereocenters. The standard InChI is InChI=1S/C13H15F2NO3S/c1-8(2-7-11(17)18)16-12(19)9-3-5-10(6-4-9)20-13(14)15/h3-6,8,13H,2,7H2,1H3,(H,16,19)(H,17,18). The summed E-state index contributed by atoms with van der Waals surface area (Å²) in [7, 11) is 0. The van der Waals surface area contributed by atoms with Gasteiger partial charge in [0.1, 0.15) is 0 Å². The van der Waals surface area contributed by atoms with Crippen molar-refractivity contribution in [3.63, 3.8) is 0 Å². The molecule has 0 heterocycles. The summed E-state index contributed by atoms with van der Waals surface area (Å²) < 4.78 is 24.3. The number of halogens is 2. The van der Waals surface area contributed by atoms with E-state index in [2.05, 4.69) is 5.32 Å². The highest BCUT2D eigenvalue weighted by molar-refractivity contribution is 7.99. The first-order chi connectivity index (χ1) is 9.38. The molecule has 0 aliphatic carbocycles. The van der Waals surface area contributed by atoms with Crippen molar-refractivity contribution < 1.29 is 23.5 Å². The number of alkyl halides is 2. The monoisotopic (exact) mass is 303 g/mol. The van der Waals surface area contributed by atoms with E-state index >= 15 is 0 Å². The lowest BCUT2D eigenvalue weighted by molar-refractivity contribution is -0.137. The van der Waals surface area contributed by atoms with Crippen LogP contribution in [0.1, 0.15) is 30.1 Å². The van der Waals surface area contributed by atoms with Crippen molar-refractivity contribution in [2.45, 2.75) is 36.5 Å². The van der Waals surface area contributed by atoms with Crippen molar-refractivity contribution in [2.24, 2.45) is 0 Å². The van der Waals surface area contributed by atoms with Gasteiger partial charge in [-0.25, -0.2) is 0 Å². The zero-order chi connectivity index (χ0) is 15.1. The van der Waals surface area contributed by atoms with Crippen LogP contribution in [-0.4, -0.2) is 28.8 Å². The smallest absolute Gasteiger partial charge is 0.303 e. The van der Waals surface area contributed by atoms with Crippen molar-refractivity contribution in [1.29, 1.82) is 0 Å². The zero-order valence-electron chi connectivity index (χ0n) is 10.8. The van der Waals surface area contributed by atoms with Gasteiger partial charge in [-0.05, 0) is 37.6 Å². The Bertz CT molecular complexity index is 465. The Labute approximate surface area is 119 Å². The first-order valence-electron chi connectivity index (χ1n) is 5.96. The highest BCUT2D eigenvalue weighted by atomic mass is 32.2. The number of carbonyl (C=O) groups excluding carboxylic acids is 1. The summed E-state index contributed by atoms with van der Waals surface area (Å²) in [5, 5.41) is 11.2. The molecule has 0 saturated heterocycles. The molecular formula is C13H15F2NO3S. The van der Waals surface area contributed by atoms with Gasteiger partial charge in [0.25, 0.3) is 11.7 Å². The number of carboxylic acid groups (broad SMARTS) is 1. The summed E-state index contributed by atoms with van der Waals surface area (Å²) in [5.41, 5.74) is 0.353. The van der Waals surface area contributed by atoms with Gasteiger partial charge >= 0.3 is 5.97 Å². The Kier molecular flexibility index (Phi) is 6.44. The van der Waals surface area contributed by atoms with Crippen LogP contribution in [0.4, 0.5) is 8.78 Å². The lowest BCUT2D eigenvalue weighted by atomic mass is 10.1. The van der Waals surface area contributed by atoms with E-state index in [-0.39, 0.29) is 18.4 Å². The molecular weight excluding hydrogens is 288 g/mol.